The van der Waals surface area contributed by atoms with Crippen molar-refractivity contribution in [2.75, 3.05) is 5.32 Å². The fourth-order valence-corrected chi connectivity index (χ4v) is 2.91. The number of hydrogen-bond acceptors (Lipinski definition) is 2. The fraction of sp³-hybridized carbons (Fsp3) is 0.429. The van der Waals surface area contributed by atoms with Gasteiger partial charge < -0.3 is 11.1 Å². The molecule has 0 saturated heterocycles. The molecular formula is C14H16N2OS. The van der Waals surface area contributed by atoms with Gasteiger partial charge in [0.1, 0.15) is 0 Å². The molecular weight excluding hydrogens is 244 g/mol. The number of nitrogens with two attached hydrogens (primary N) is 1. The second kappa shape index (κ2) is 4.05. The van der Waals surface area contributed by atoms with Crippen LogP contribution in [0.1, 0.15) is 30.4 Å². The van der Waals surface area contributed by atoms with Gasteiger partial charge in [-0.05, 0) is 55.4 Å². The third-order valence-corrected chi connectivity index (χ3v) is 4.40. The summed E-state index contributed by atoms with van der Waals surface area (Å²) in [5.41, 5.74) is 8.70. The van der Waals surface area contributed by atoms with Crippen LogP contribution in [0.4, 0.5) is 5.69 Å². The topological polar surface area (TPSA) is 55.1 Å². The van der Waals surface area contributed by atoms with E-state index in [1.165, 1.54) is 17.5 Å². The fourth-order valence-electron chi connectivity index (χ4n) is 2.61. The van der Waals surface area contributed by atoms with Gasteiger partial charge >= 0.3 is 0 Å². The average molecular weight is 260 g/mol. The average Bonchev–Trinajstić information content (AvgIpc) is 3.03. The molecule has 0 atom stereocenters. The van der Waals surface area contributed by atoms with Gasteiger partial charge in [-0.25, -0.2) is 0 Å². The van der Waals surface area contributed by atoms with Crippen LogP contribution >= 0.6 is 12.2 Å². The number of aryl methyl sites for hydroxylation is 2. The van der Waals surface area contributed by atoms with Crippen LogP contribution in [0.2, 0.25) is 0 Å². The van der Waals surface area contributed by atoms with E-state index >= 15 is 0 Å². The van der Waals surface area contributed by atoms with Gasteiger partial charge in [0, 0.05) is 5.69 Å². The van der Waals surface area contributed by atoms with Gasteiger partial charge in [-0.2, -0.15) is 0 Å². The maximum atomic E-state index is 12.2. The van der Waals surface area contributed by atoms with Gasteiger partial charge in [0.25, 0.3) is 0 Å². The third kappa shape index (κ3) is 1.81. The van der Waals surface area contributed by atoms with E-state index in [2.05, 4.69) is 17.4 Å². The Morgan fingerprint density at radius 2 is 2.00 bits per heavy atom. The van der Waals surface area contributed by atoms with Crippen molar-refractivity contribution in [2.45, 2.75) is 32.1 Å². The zero-order valence-corrected chi connectivity index (χ0v) is 11.0. The van der Waals surface area contributed by atoms with E-state index in [0.29, 0.717) is 4.99 Å². The molecule has 0 aromatic heterocycles. The zero-order valence-electron chi connectivity index (χ0n) is 10.2. The Bertz CT molecular complexity index is 535. The highest BCUT2D eigenvalue weighted by molar-refractivity contribution is 7.80. The molecule has 1 aromatic rings. The smallest absolute Gasteiger partial charge is 0.237 e. The Morgan fingerprint density at radius 3 is 2.67 bits per heavy atom. The van der Waals surface area contributed by atoms with Crippen LogP contribution in [0.25, 0.3) is 0 Å². The lowest BCUT2D eigenvalue weighted by Gasteiger charge is -2.14. The molecule has 0 heterocycles. The van der Waals surface area contributed by atoms with Gasteiger partial charge in [-0.3, -0.25) is 4.79 Å². The number of fused-ring (bicyclic) bond motifs is 1. The molecule has 0 spiro atoms. The first-order chi connectivity index (χ1) is 8.62. The lowest BCUT2D eigenvalue weighted by atomic mass is 10.1. The molecule has 4 heteroatoms. The van der Waals surface area contributed by atoms with Crippen molar-refractivity contribution in [1.82, 2.24) is 0 Å². The molecule has 1 aromatic carbocycles. The van der Waals surface area contributed by atoms with Crippen molar-refractivity contribution >= 4 is 28.8 Å². The SMILES string of the molecule is NC(=S)C1(C(=O)Nc2ccc3c(c2)CCC3)CC1. The Kier molecular flexibility index (Phi) is 2.63. The van der Waals surface area contributed by atoms with Crippen molar-refractivity contribution in [2.24, 2.45) is 11.1 Å². The molecule has 2 aliphatic carbocycles. The number of rotatable bonds is 3. The van der Waals surface area contributed by atoms with Crippen LogP contribution in [-0.4, -0.2) is 10.9 Å². The van der Waals surface area contributed by atoms with E-state index in [4.69, 9.17) is 18.0 Å². The number of nitrogens with one attached hydrogen (secondary N) is 1. The maximum absolute atomic E-state index is 12.2. The lowest BCUT2D eigenvalue weighted by Crippen LogP contribution is -2.35. The molecule has 0 bridgehead atoms. The van der Waals surface area contributed by atoms with E-state index < -0.39 is 5.41 Å². The summed E-state index contributed by atoms with van der Waals surface area (Å²) in [6, 6.07) is 6.16. The third-order valence-electron chi connectivity index (χ3n) is 4.01. The van der Waals surface area contributed by atoms with Crippen molar-refractivity contribution in [1.29, 1.82) is 0 Å². The second-order valence-electron chi connectivity index (χ2n) is 5.24. The van der Waals surface area contributed by atoms with Crippen LogP contribution in [0.15, 0.2) is 18.2 Å². The first-order valence-electron chi connectivity index (χ1n) is 6.35. The number of carbonyl (C=O) groups is 1. The van der Waals surface area contributed by atoms with Crippen molar-refractivity contribution in [3.63, 3.8) is 0 Å². The molecule has 94 valence electrons. The molecule has 3 rings (SSSR count). The van der Waals surface area contributed by atoms with Crippen LogP contribution in [0.3, 0.4) is 0 Å². The summed E-state index contributed by atoms with van der Waals surface area (Å²) in [5.74, 6) is -0.0482. The molecule has 1 saturated carbocycles. The molecule has 2 aliphatic rings. The van der Waals surface area contributed by atoms with Gasteiger partial charge in [-0.1, -0.05) is 18.3 Å². The molecule has 0 radical (unpaired) electrons. The van der Waals surface area contributed by atoms with E-state index in [0.717, 1.165) is 31.4 Å². The Hall–Kier alpha value is -1.42. The van der Waals surface area contributed by atoms with E-state index in [1.807, 2.05) is 6.07 Å². The normalized spacial score (nSPS) is 19.1. The molecule has 3 nitrogen and oxygen atoms in total. The number of amides is 1. The first kappa shape index (κ1) is 11.7. The first-order valence-corrected chi connectivity index (χ1v) is 6.76. The summed E-state index contributed by atoms with van der Waals surface area (Å²) in [4.78, 5) is 12.5. The molecule has 0 unspecified atom stereocenters. The number of thiocarbonyl (C=S) groups is 1. The highest BCUT2D eigenvalue weighted by Gasteiger charge is 2.52. The zero-order chi connectivity index (χ0) is 12.8. The summed E-state index contributed by atoms with van der Waals surface area (Å²) in [7, 11) is 0. The lowest BCUT2D eigenvalue weighted by molar-refractivity contribution is -0.118. The number of hydrogen-bond donors (Lipinski definition) is 2. The minimum absolute atomic E-state index is 0.0482. The van der Waals surface area contributed by atoms with Crippen molar-refractivity contribution in [3.8, 4) is 0 Å². The predicted molar refractivity (Wildman–Crippen MR) is 75.5 cm³/mol. The van der Waals surface area contributed by atoms with Crippen LogP contribution in [-0.2, 0) is 17.6 Å². The number of anilines is 1. The number of benzene rings is 1. The summed E-state index contributed by atoms with van der Waals surface area (Å²) in [5, 5.41) is 2.95. The van der Waals surface area contributed by atoms with Gasteiger partial charge in [0.15, 0.2) is 0 Å². The van der Waals surface area contributed by atoms with E-state index in [-0.39, 0.29) is 5.91 Å². The minimum Gasteiger partial charge on any atom is -0.392 e. The molecule has 0 aliphatic heterocycles. The van der Waals surface area contributed by atoms with E-state index in [9.17, 15) is 4.79 Å². The van der Waals surface area contributed by atoms with Gasteiger partial charge in [-0.15, -0.1) is 0 Å². The van der Waals surface area contributed by atoms with Crippen LogP contribution < -0.4 is 11.1 Å². The highest BCUT2D eigenvalue weighted by Crippen LogP contribution is 2.46. The van der Waals surface area contributed by atoms with E-state index in [1.54, 1.807) is 0 Å². The molecule has 3 N–H and O–H groups in total. The summed E-state index contributed by atoms with van der Waals surface area (Å²) < 4.78 is 0. The molecule has 18 heavy (non-hydrogen) atoms. The Morgan fingerprint density at radius 1 is 1.28 bits per heavy atom. The minimum atomic E-state index is -0.575. The summed E-state index contributed by atoms with van der Waals surface area (Å²) >= 11 is 4.98. The van der Waals surface area contributed by atoms with Crippen LogP contribution in [0, 0.1) is 5.41 Å². The largest absolute Gasteiger partial charge is 0.392 e. The van der Waals surface area contributed by atoms with Gasteiger partial charge in [0.05, 0.1) is 10.4 Å². The van der Waals surface area contributed by atoms with Crippen molar-refractivity contribution in [3.05, 3.63) is 29.3 Å². The maximum Gasteiger partial charge on any atom is 0.237 e. The monoisotopic (exact) mass is 260 g/mol. The Labute approximate surface area is 112 Å². The predicted octanol–water partition coefficient (Wildman–Crippen LogP) is 2.18. The number of carbonyl (C=O) groups excluding carboxylic acids is 1. The highest BCUT2D eigenvalue weighted by atomic mass is 32.1. The summed E-state index contributed by atoms with van der Waals surface area (Å²) in [6.45, 7) is 0. The quantitative estimate of drug-likeness (QED) is 0.819. The van der Waals surface area contributed by atoms with Gasteiger partial charge in [0.2, 0.25) is 5.91 Å². The van der Waals surface area contributed by atoms with Crippen molar-refractivity contribution < 1.29 is 4.79 Å². The summed E-state index contributed by atoms with van der Waals surface area (Å²) in [6.07, 6.45) is 5.03. The standard InChI is InChI=1S/C14H16N2OS/c15-12(18)14(6-7-14)13(17)16-11-5-4-9-2-1-3-10(9)8-11/h4-5,8H,1-3,6-7H2,(H2,15,18)(H,16,17). The molecule has 1 amide bonds. The molecule has 1 fully saturated rings. The second-order valence-corrected chi connectivity index (χ2v) is 5.68. The Balaban J connectivity index is 1.77. The van der Waals surface area contributed by atoms with Crippen LogP contribution in [0.5, 0.6) is 0 Å².